The molecule has 0 heterocycles. The molecule has 3 N–H and O–H groups in total. The number of benzene rings is 2. The molecule has 0 bridgehead atoms. The molecule has 186 valence electrons. The summed E-state index contributed by atoms with van der Waals surface area (Å²) in [5.41, 5.74) is 4.05. The first-order valence-electron chi connectivity index (χ1n) is 12.0. The molecule has 35 heavy (non-hydrogen) atoms. The number of fused-ring (bicyclic) bond motifs is 3. The van der Waals surface area contributed by atoms with Crippen LogP contribution in [0.25, 0.3) is 11.1 Å². The lowest BCUT2D eigenvalue weighted by Crippen LogP contribution is -2.55. The maximum atomic E-state index is 12.9. The summed E-state index contributed by atoms with van der Waals surface area (Å²) >= 11 is 0. The van der Waals surface area contributed by atoms with E-state index in [1.165, 1.54) is 7.11 Å². The van der Waals surface area contributed by atoms with Gasteiger partial charge in [0.2, 0.25) is 5.91 Å². The minimum atomic E-state index is -0.974. The minimum absolute atomic E-state index is 0.0115. The summed E-state index contributed by atoms with van der Waals surface area (Å²) < 4.78 is 10.9. The second kappa shape index (κ2) is 10.5. The number of rotatable bonds is 10. The van der Waals surface area contributed by atoms with Gasteiger partial charge in [0.15, 0.2) is 0 Å². The topological polar surface area (TPSA) is 114 Å². The van der Waals surface area contributed by atoms with E-state index < -0.39 is 35.5 Å². The van der Waals surface area contributed by atoms with Gasteiger partial charge < -0.3 is 25.2 Å². The van der Waals surface area contributed by atoms with Gasteiger partial charge in [-0.1, -0.05) is 55.0 Å². The molecular weight excluding hydrogens is 448 g/mol. The number of hydrogen-bond donors (Lipinski definition) is 3. The lowest BCUT2D eigenvalue weighted by molar-refractivity contribution is -0.142. The lowest BCUT2D eigenvalue weighted by atomic mass is 9.66. The second-order valence-electron chi connectivity index (χ2n) is 9.53. The summed E-state index contributed by atoms with van der Waals surface area (Å²) in [7, 11) is 1.46. The largest absolute Gasteiger partial charge is 0.481 e. The number of amides is 2. The Hall–Kier alpha value is -3.39. The van der Waals surface area contributed by atoms with E-state index in [1.54, 1.807) is 6.92 Å². The van der Waals surface area contributed by atoms with Crippen LogP contribution in [-0.2, 0) is 19.1 Å². The second-order valence-corrected chi connectivity index (χ2v) is 9.53. The number of carboxylic acid groups (broad SMARTS) is 1. The summed E-state index contributed by atoms with van der Waals surface area (Å²) in [6.07, 6.45) is 1.15. The molecule has 1 saturated carbocycles. The average molecular weight is 481 g/mol. The van der Waals surface area contributed by atoms with Crippen LogP contribution in [0.2, 0.25) is 0 Å². The molecule has 2 unspecified atom stereocenters. The van der Waals surface area contributed by atoms with Crippen LogP contribution >= 0.6 is 0 Å². The fourth-order valence-corrected chi connectivity index (χ4v) is 5.10. The molecule has 0 aromatic heterocycles. The normalized spacial score (nSPS) is 17.3. The predicted octanol–water partition coefficient (Wildman–Crippen LogP) is 3.69. The quantitative estimate of drug-likeness (QED) is 0.478. The zero-order valence-electron chi connectivity index (χ0n) is 20.1. The van der Waals surface area contributed by atoms with Crippen molar-refractivity contribution in [2.45, 2.75) is 50.7 Å². The van der Waals surface area contributed by atoms with E-state index in [9.17, 15) is 19.5 Å². The average Bonchev–Trinajstić information content (AvgIpc) is 3.15. The molecule has 0 aliphatic heterocycles. The van der Waals surface area contributed by atoms with Crippen LogP contribution in [-0.4, -0.2) is 55.5 Å². The number of carbonyl (C=O) groups excluding carboxylic acids is 2. The molecule has 2 aliphatic rings. The number of hydrogen-bond acceptors (Lipinski definition) is 5. The molecule has 0 saturated heterocycles. The van der Waals surface area contributed by atoms with Crippen molar-refractivity contribution in [1.29, 1.82) is 0 Å². The maximum Gasteiger partial charge on any atom is 0.407 e. The third-order valence-electron chi connectivity index (χ3n) is 7.32. The van der Waals surface area contributed by atoms with Gasteiger partial charge in [-0.2, -0.15) is 0 Å². The van der Waals surface area contributed by atoms with Gasteiger partial charge in [-0.05, 0) is 47.4 Å². The van der Waals surface area contributed by atoms with Crippen molar-refractivity contribution < 1.29 is 29.0 Å². The molecule has 8 nitrogen and oxygen atoms in total. The van der Waals surface area contributed by atoms with Crippen LogP contribution in [0.15, 0.2) is 48.5 Å². The first-order chi connectivity index (χ1) is 16.8. The van der Waals surface area contributed by atoms with Crippen molar-refractivity contribution in [3.8, 4) is 11.1 Å². The fraction of sp³-hybridized carbons (Fsp3) is 0.444. The van der Waals surface area contributed by atoms with E-state index in [2.05, 4.69) is 22.8 Å². The zero-order valence-corrected chi connectivity index (χ0v) is 20.1. The van der Waals surface area contributed by atoms with E-state index in [4.69, 9.17) is 9.47 Å². The van der Waals surface area contributed by atoms with Gasteiger partial charge in [0.1, 0.15) is 12.6 Å². The Balaban J connectivity index is 1.38. The Morgan fingerprint density at radius 1 is 1.06 bits per heavy atom. The first-order valence-corrected chi connectivity index (χ1v) is 12.0. The number of nitrogens with one attached hydrogen (secondary N) is 2. The molecule has 0 spiro atoms. The highest BCUT2D eigenvalue weighted by Gasteiger charge is 2.40. The van der Waals surface area contributed by atoms with E-state index in [0.717, 1.165) is 41.5 Å². The Labute approximate surface area is 205 Å². The van der Waals surface area contributed by atoms with E-state index in [-0.39, 0.29) is 25.5 Å². The maximum absolute atomic E-state index is 12.9. The van der Waals surface area contributed by atoms with Crippen LogP contribution in [0.4, 0.5) is 4.79 Å². The molecule has 2 aromatic carbocycles. The minimum Gasteiger partial charge on any atom is -0.481 e. The highest BCUT2D eigenvalue weighted by molar-refractivity contribution is 5.86. The SMILES string of the molecule is COC(C)C(NC(=O)OCC1c2ccccc2-c2ccccc21)C(=O)NCC1(CC(=O)O)CCC1. The first kappa shape index (κ1) is 24.7. The smallest absolute Gasteiger partial charge is 0.407 e. The van der Waals surface area contributed by atoms with E-state index in [0.29, 0.717) is 0 Å². The van der Waals surface area contributed by atoms with Crippen LogP contribution in [0.5, 0.6) is 0 Å². The van der Waals surface area contributed by atoms with E-state index in [1.807, 2.05) is 36.4 Å². The zero-order chi connectivity index (χ0) is 25.0. The molecule has 8 heteroatoms. The van der Waals surface area contributed by atoms with Crippen molar-refractivity contribution >= 4 is 18.0 Å². The number of aliphatic carboxylic acids is 1. The monoisotopic (exact) mass is 480 g/mol. The van der Waals surface area contributed by atoms with Crippen LogP contribution in [0.1, 0.15) is 49.7 Å². The highest BCUT2D eigenvalue weighted by Crippen LogP contribution is 2.45. The standard InChI is InChI=1S/C27H32N2O6/c1-17(34-2)24(25(32)28-16-27(12-7-13-27)14-23(30)31)29-26(33)35-15-22-20-10-5-3-8-18(20)19-9-4-6-11-21(19)22/h3-6,8-11,17,22,24H,7,12-16H2,1-2H3,(H,28,32)(H,29,33)(H,30,31). The molecule has 2 atom stereocenters. The van der Waals surface area contributed by atoms with Crippen molar-refractivity contribution in [3.05, 3.63) is 59.7 Å². The third-order valence-corrected chi connectivity index (χ3v) is 7.32. The number of carbonyl (C=O) groups is 3. The Bertz CT molecular complexity index is 1050. The van der Waals surface area contributed by atoms with Crippen molar-refractivity contribution in [2.75, 3.05) is 20.3 Å². The Morgan fingerprint density at radius 2 is 1.66 bits per heavy atom. The van der Waals surface area contributed by atoms with Crippen LogP contribution < -0.4 is 10.6 Å². The summed E-state index contributed by atoms with van der Waals surface area (Å²) in [6, 6.07) is 15.2. The lowest BCUT2D eigenvalue weighted by Gasteiger charge is -2.41. The molecule has 4 rings (SSSR count). The van der Waals surface area contributed by atoms with Gasteiger partial charge >= 0.3 is 12.1 Å². The van der Waals surface area contributed by atoms with Gasteiger partial charge in [0.05, 0.1) is 12.5 Å². The number of methoxy groups -OCH3 is 1. The van der Waals surface area contributed by atoms with E-state index >= 15 is 0 Å². The summed E-state index contributed by atoms with van der Waals surface area (Å²) in [4.78, 5) is 36.9. The van der Waals surface area contributed by atoms with Gasteiger partial charge in [-0.3, -0.25) is 9.59 Å². The highest BCUT2D eigenvalue weighted by atomic mass is 16.5. The molecule has 2 aliphatic carbocycles. The molecular formula is C27H32N2O6. The summed E-state index contributed by atoms with van der Waals surface area (Å²) in [5, 5.41) is 14.7. The molecule has 2 aromatic rings. The predicted molar refractivity (Wildman–Crippen MR) is 130 cm³/mol. The van der Waals surface area contributed by atoms with Gasteiger partial charge in [0, 0.05) is 19.6 Å². The van der Waals surface area contributed by atoms with Gasteiger partial charge in [0.25, 0.3) is 0 Å². The van der Waals surface area contributed by atoms with Crippen molar-refractivity contribution in [1.82, 2.24) is 10.6 Å². The van der Waals surface area contributed by atoms with Crippen molar-refractivity contribution in [2.24, 2.45) is 5.41 Å². The van der Waals surface area contributed by atoms with Crippen LogP contribution in [0, 0.1) is 5.41 Å². The summed E-state index contributed by atoms with van der Waals surface area (Å²) in [5.74, 6) is -1.39. The Morgan fingerprint density at radius 3 is 2.17 bits per heavy atom. The fourth-order valence-electron chi connectivity index (χ4n) is 5.10. The third kappa shape index (κ3) is 5.32. The number of carboxylic acids is 1. The van der Waals surface area contributed by atoms with Crippen LogP contribution in [0.3, 0.4) is 0 Å². The number of alkyl carbamates (subject to hydrolysis) is 1. The van der Waals surface area contributed by atoms with Gasteiger partial charge in [-0.15, -0.1) is 0 Å². The molecule has 1 fully saturated rings. The van der Waals surface area contributed by atoms with Gasteiger partial charge in [-0.25, -0.2) is 4.79 Å². The van der Waals surface area contributed by atoms with Crippen molar-refractivity contribution in [3.63, 3.8) is 0 Å². The summed E-state index contributed by atoms with van der Waals surface area (Å²) in [6.45, 7) is 2.07. The molecule has 0 radical (unpaired) electrons. The molecule has 2 amide bonds. The number of ether oxygens (including phenoxy) is 2. The Kier molecular flexibility index (Phi) is 7.40.